The maximum absolute atomic E-state index is 12.6. The van der Waals surface area contributed by atoms with Gasteiger partial charge in [-0.05, 0) is 43.5 Å². The molecule has 1 fully saturated rings. The SMILES string of the molecule is CCCCCCCNc1ccc(S(=O)(=O)N2CCCCC2)cc1. The number of hydrogen-bond donors (Lipinski definition) is 1. The van der Waals surface area contributed by atoms with Crippen LogP contribution in [0.4, 0.5) is 5.69 Å². The fourth-order valence-electron chi connectivity index (χ4n) is 2.96. The number of hydrogen-bond acceptors (Lipinski definition) is 3. The third-order valence-electron chi connectivity index (χ3n) is 4.42. The van der Waals surface area contributed by atoms with Crippen molar-refractivity contribution in [1.29, 1.82) is 0 Å². The number of anilines is 1. The highest BCUT2D eigenvalue weighted by molar-refractivity contribution is 7.89. The van der Waals surface area contributed by atoms with Crippen molar-refractivity contribution in [1.82, 2.24) is 4.31 Å². The number of rotatable bonds is 9. The average molecular weight is 339 g/mol. The van der Waals surface area contributed by atoms with Crippen LogP contribution in [0.3, 0.4) is 0 Å². The van der Waals surface area contributed by atoms with Crippen LogP contribution >= 0.6 is 0 Å². The van der Waals surface area contributed by atoms with Gasteiger partial charge in [0.1, 0.15) is 0 Å². The molecule has 1 aliphatic heterocycles. The molecule has 1 N–H and O–H groups in total. The highest BCUT2D eigenvalue weighted by atomic mass is 32.2. The van der Waals surface area contributed by atoms with Crippen molar-refractivity contribution >= 4 is 15.7 Å². The molecule has 4 nitrogen and oxygen atoms in total. The molecule has 23 heavy (non-hydrogen) atoms. The van der Waals surface area contributed by atoms with Crippen LogP contribution in [0.5, 0.6) is 0 Å². The van der Waals surface area contributed by atoms with Crippen LogP contribution in [0.15, 0.2) is 29.2 Å². The molecule has 0 amide bonds. The topological polar surface area (TPSA) is 49.4 Å². The van der Waals surface area contributed by atoms with Gasteiger partial charge in [-0.25, -0.2) is 8.42 Å². The van der Waals surface area contributed by atoms with E-state index in [0.29, 0.717) is 18.0 Å². The van der Waals surface area contributed by atoms with E-state index in [1.54, 1.807) is 16.4 Å². The van der Waals surface area contributed by atoms with Crippen molar-refractivity contribution in [3.05, 3.63) is 24.3 Å². The normalized spacial score (nSPS) is 16.4. The number of nitrogens with one attached hydrogen (secondary N) is 1. The fraction of sp³-hybridized carbons (Fsp3) is 0.667. The van der Waals surface area contributed by atoms with Crippen molar-refractivity contribution in [2.24, 2.45) is 0 Å². The zero-order chi connectivity index (χ0) is 16.5. The Hall–Kier alpha value is -1.07. The molecule has 1 aromatic rings. The standard InChI is InChI=1S/C18H30N2O2S/c1-2-3-4-5-7-14-19-17-10-12-18(13-11-17)23(21,22)20-15-8-6-9-16-20/h10-13,19H,2-9,14-16H2,1H3. The quantitative estimate of drug-likeness (QED) is 0.685. The Labute approximate surface area is 141 Å². The summed E-state index contributed by atoms with van der Waals surface area (Å²) in [7, 11) is -3.31. The van der Waals surface area contributed by atoms with Gasteiger partial charge in [-0.2, -0.15) is 4.31 Å². The van der Waals surface area contributed by atoms with Crippen LogP contribution in [0.2, 0.25) is 0 Å². The Bertz CT molecular complexity index is 549. The van der Waals surface area contributed by atoms with E-state index in [1.807, 2.05) is 12.1 Å². The first-order valence-electron chi connectivity index (χ1n) is 8.98. The molecule has 0 unspecified atom stereocenters. The maximum atomic E-state index is 12.6. The lowest BCUT2D eigenvalue weighted by Crippen LogP contribution is -2.35. The Balaban J connectivity index is 1.84. The zero-order valence-electron chi connectivity index (χ0n) is 14.3. The lowest BCUT2D eigenvalue weighted by Gasteiger charge is -2.25. The molecule has 0 atom stereocenters. The van der Waals surface area contributed by atoms with E-state index >= 15 is 0 Å². The van der Waals surface area contributed by atoms with Gasteiger partial charge in [-0.15, -0.1) is 0 Å². The Morgan fingerprint density at radius 2 is 1.61 bits per heavy atom. The molecule has 0 saturated carbocycles. The summed E-state index contributed by atoms with van der Waals surface area (Å²) in [5.74, 6) is 0. The van der Waals surface area contributed by atoms with Gasteiger partial charge in [0.25, 0.3) is 0 Å². The van der Waals surface area contributed by atoms with Gasteiger partial charge in [0, 0.05) is 25.3 Å². The lowest BCUT2D eigenvalue weighted by molar-refractivity contribution is 0.346. The van der Waals surface area contributed by atoms with Gasteiger partial charge in [-0.1, -0.05) is 39.0 Å². The minimum atomic E-state index is -3.31. The Kier molecular flexibility index (Phi) is 7.37. The number of sulfonamides is 1. The summed E-state index contributed by atoms with van der Waals surface area (Å²) in [6, 6.07) is 7.21. The van der Waals surface area contributed by atoms with Crippen molar-refractivity contribution in [2.75, 3.05) is 25.0 Å². The molecule has 1 aromatic carbocycles. The summed E-state index contributed by atoms with van der Waals surface area (Å²) in [4.78, 5) is 0.410. The number of piperidine rings is 1. The van der Waals surface area contributed by atoms with Crippen LogP contribution < -0.4 is 5.32 Å². The number of benzene rings is 1. The molecule has 0 spiro atoms. The van der Waals surface area contributed by atoms with Gasteiger partial charge in [0.15, 0.2) is 0 Å². The maximum Gasteiger partial charge on any atom is 0.243 e. The summed E-state index contributed by atoms with van der Waals surface area (Å²) in [6.45, 7) is 4.47. The van der Waals surface area contributed by atoms with E-state index < -0.39 is 10.0 Å². The summed E-state index contributed by atoms with van der Waals surface area (Å²) >= 11 is 0. The minimum Gasteiger partial charge on any atom is -0.385 e. The Morgan fingerprint density at radius 3 is 2.26 bits per heavy atom. The molecular weight excluding hydrogens is 308 g/mol. The van der Waals surface area contributed by atoms with Crippen LogP contribution in [0.25, 0.3) is 0 Å². The third-order valence-corrected chi connectivity index (χ3v) is 6.33. The first-order chi connectivity index (χ1) is 11.1. The van der Waals surface area contributed by atoms with Gasteiger partial charge < -0.3 is 5.32 Å². The molecule has 0 bridgehead atoms. The second-order valence-corrected chi connectivity index (χ2v) is 8.27. The van der Waals surface area contributed by atoms with Crippen molar-refractivity contribution in [3.63, 3.8) is 0 Å². The monoisotopic (exact) mass is 338 g/mol. The molecule has 1 heterocycles. The van der Waals surface area contributed by atoms with E-state index in [9.17, 15) is 8.42 Å². The molecule has 2 rings (SSSR count). The second-order valence-electron chi connectivity index (χ2n) is 6.33. The van der Waals surface area contributed by atoms with Crippen LogP contribution in [0, 0.1) is 0 Å². The van der Waals surface area contributed by atoms with Crippen LogP contribution in [-0.4, -0.2) is 32.4 Å². The van der Waals surface area contributed by atoms with E-state index in [0.717, 1.165) is 37.9 Å². The molecule has 130 valence electrons. The minimum absolute atomic E-state index is 0.410. The van der Waals surface area contributed by atoms with Gasteiger partial charge in [-0.3, -0.25) is 0 Å². The molecule has 1 aliphatic rings. The molecular formula is C18H30N2O2S. The van der Waals surface area contributed by atoms with Gasteiger partial charge >= 0.3 is 0 Å². The largest absolute Gasteiger partial charge is 0.385 e. The zero-order valence-corrected chi connectivity index (χ0v) is 15.1. The summed E-state index contributed by atoms with van der Waals surface area (Å²) in [5, 5.41) is 3.37. The highest BCUT2D eigenvalue weighted by Gasteiger charge is 2.25. The van der Waals surface area contributed by atoms with E-state index in [4.69, 9.17) is 0 Å². The first kappa shape index (κ1) is 18.3. The molecule has 0 aliphatic carbocycles. The number of nitrogens with zero attached hydrogens (tertiary/aromatic N) is 1. The van der Waals surface area contributed by atoms with E-state index in [-0.39, 0.29) is 0 Å². The predicted octanol–water partition coefficient (Wildman–Crippen LogP) is 4.24. The lowest BCUT2D eigenvalue weighted by atomic mass is 10.1. The van der Waals surface area contributed by atoms with E-state index in [2.05, 4.69) is 12.2 Å². The summed E-state index contributed by atoms with van der Waals surface area (Å²) < 4.78 is 26.7. The number of unbranched alkanes of at least 4 members (excludes halogenated alkanes) is 4. The van der Waals surface area contributed by atoms with Crippen LogP contribution in [0.1, 0.15) is 58.3 Å². The molecule has 0 radical (unpaired) electrons. The molecule has 0 aromatic heterocycles. The van der Waals surface area contributed by atoms with Crippen molar-refractivity contribution in [3.8, 4) is 0 Å². The van der Waals surface area contributed by atoms with Gasteiger partial charge in [0.2, 0.25) is 10.0 Å². The fourth-order valence-corrected chi connectivity index (χ4v) is 4.48. The molecule has 5 heteroatoms. The highest BCUT2D eigenvalue weighted by Crippen LogP contribution is 2.22. The van der Waals surface area contributed by atoms with Crippen molar-refractivity contribution in [2.45, 2.75) is 63.2 Å². The predicted molar refractivity (Wildman–Crippen MR) is 96.3 cm³/mol. The van der Waals surface area contributed by atoms with Gasteiger partial charge in [0.05, 0.1) is 4.90 Å². The summed E-state index contributed by atoms with van der Waals surface area (Å²) in [6.07, 6.45) is 9.35. The average Bonchev–Trinajstić information content (AvgIpc) is 2.59. The second kappa shape index (κ2) is 9.28. The summed E-state index contributed by atoms with van der Waals surface area (Å²) in [5.41, 5.74) is 0.998. The van der Waals surface area contributed by atoms with Crippen molar-refractivity contribution < 1.29 is 8.42 Å². The van der Waals surface area contributed by atoms with Crippen LogP contribution in [-0.2, 0) is 10.0 Å². The third kappa shape index (κ3) is 5.50. The van der Waals surface area contributed by atoms with E-state index in [1.165, 1.54) is 25.7 Å². The molecule has 1 saturated heterocycles. The smallest absolute Gasteiger partial charge is 0.243 e. The Morgan fingerprint density at radius 1 is 0.957 bits per heavy atom. The first-order valence-corrected chi connectivity index (χ1v) is 10.4.